The van der Waals surface area contributed by atoms with Gasteiger partial charge in [-0.2, -0.15) is 0 Å². The number of anilines is 4. The van der Waals surface area contributed by atoms with E-state index in [1.807, 2.05) is 41.8 Å². The minimum atomic E-state index is -0.462. The van der Waals surface area contributed by atoms with Crippen LogP contribution in [0.3, 0.4) is 0 Å². The van der Waals surface area contributed by atoms with E-state index in [2.05, 4.69) is 25.5 Å². The Kier molecular flexibility index (Phi) is 7.68. The minimum absolute atomic E-state index is 0.339. The van der Waals surface area contributed by atoms with Gasteiger partial charge in [-0.05, 0) is 47.3 Å². The Bertz CT molecular complexity index is 1810. The summed E-state index contributed by atoms with van der Waals surface area (Å²) >= 11 is 9.35. The second kappa shape index (κ2) is 11.9. The summed E-state index contributed by atoms with van der Waals surface area (Å²) in [6, 6.07) is 16.4. The molecule has 2 aromatic carbocycles. The molecule has 5 heterocycles. The molecule has 5 aromatic rings. The fourth-order valence-electron chi connectivity index (χ4n) is 5.05. The Morgan fingerprint density at radius 1 is 1.12 bits per heavy atom. The zero-order valence-electron chi connectivity index (χ0n) is 22.7. The van der Waals surface area contributed by atoms with Crippen molar-refractivity contribution in [3.63, 3.8) is 0 Å². The molecule has 2 aliphatic heterocycles. The first kappa shape index (κ1) is 27.7. The van der Waals surface area contributed by atoms with Gasteiger partial charge >= 0.3 is 6.03 Å². The summed E-state index contributed by atoms with van der Waals surface area (Å²) in [5, 5.41) is 8.78. The van der Waals surface area contributed by atoms with Crippen molar-refractivity contribution in [2.24, 2.45) is 0 Å². The van der Waals surface area contributed by atoms with Crippen LogP contribution in [0.1, 0.15) is 20.1 Å². The third-order valence-corrected chi connectivity index (χ3v) is 9.41. The lowest BCUT2D eigenvalue weighted by molar-refractivity contribution is 0.0342. The van der Waals surface area contributed by atoms with E-state index in [-0.39, 0.29) is 5.91 Å². The first-order valence-corrected chi connectivity index (χ1v) is 15.6. The van der Waals surface area contributed by atoms with E-state index in [0.29, 0.717) is 55.4 Å². The minimum Gasteiger partial charge on any atom is -0.487 e. The monoisotopic (exact) mass is 632 g/mol. The molecule has 0 saturated carbocycles. The largest absolute Gasteiger partial charge is 0.487 e. The van der Waals surface area contributed by atoms with Crippen molar-refractivity contribution < 1.29 is 19.1 Å². The number of carbonyl (C=O) groups is 2. The lowest BCUT2D eigenvalue weighted by Gasteiger charge is -2.27. The fraction of sp³-hybridized carbons (Fsp3) is 0.200. The van der Waals surface area contributed by atoms with Crippen molar-refractivity contribution in [2.75, 3.05) is 41.8 Å². The molecule has 2 aliphatic rings. The molecule has 0 unspecified atom stereocenters. The molecule has 1 saturated heterocycles. The molecule has 13 heteroatoms. The Hall–Kier alpha value is -4.07. The zero-order chi connectivity index (χ0) is 29.3. The molecule has 3 aromatic heterocycles. The maximum Gasteiger partial charge on any atom is 0.332 e. The van der Waals surface area contributed by atoms with Crippen LogP contribution < -0.4 is 20.3 Å². The van der Waals surface area contributed by atoms with E-state index in [1.165, 1.54) is 22.6 Å². The quantitative estimate of drug-likeness (QED) is 0.195. The third kappa shape index (κ3) is 5.67. The van der Waals surface area contributed by atoms with E-state index < -0.39 is 6.03 Å². The van der Waals surface area contributed by atoms with Crippen molar-refractivity contribution in [1.29, 1.82) is 0 Å². The van der Waals surface area contributed by atoms with Crippen LogP contribution >= 0.6 is 34.3 Å². The first-order valence-electron chi connectivity index (χ1n) is 13.6. The van der Waals surface area contributed by atoms with Crippen LogP contribution in [0.2, 0.25) is 5.02 Å². The predicted molar refractivity (Wildman–Crippen MR) is 169 cm³/mol. The van der Waals surface area contributed by atoms with E-state index >= 15 is 0 Å². The number of thiophene rings is 2. The topological polar surface area (TPSA) is 109 Å². The molecule has 1 fully saturated rings. The van der Waals surface area contributed by atoms with Crippen molar-refractivity contribution in [3.05, 3.63) is 86.6 Å². The number of hydrogen-bond donors (Lipinski definition) is 2. The van der Waals surface area contributed by atoms with Gasteiger partial charge in [0.2, 0.25) is 0 Å². The first-order chi connectivity index (χ1) is 21.0. The highest BCUT2D eigenvalue weighted by atomic mass is 35.5. The van der Waals surface area contributed by atoms with Gasteiger partial charge in [0.05, 0.1) is 35.0 Å². The number of hydrogen-bond acceptors (Lipinski definition) is 9. The number of nitrogens with one attached hydrogen (secondary N) is 2. The summed E-state index contributed by atoms with van der Waals surface area (Å²) in [5.41, 5.74) is 2.71. The number of benzene rings is 2. The van der Waals surface area contributed by atoms with Gasteiger partial charge < -0.3 is 20.1 Å². The van der Waals surface area contributed by atoms with Crippen LogP contribution in [0.15, 0.2) is 66.3 Å². The molecule has 0 radical (unpaired) electrons. The average molecular weight is 633 g/mol. The van der Waals surface area contributed by atoms with Crippen molar-refractivity contribution in [2.45, 2.75) is 13.2 Å². The van der Waals surface area contributed by atoms with Crippen LogP contribution in [0.5, 0.6) is 5.75 Å². The molecular weight excluding hydrogens is 608 g/mol. The lowest BCUT2D eigenvalue weighted by atomic mass is 10.1. The SMILES string of the molecule is O=C(Nc1ccc(CN2CCOCC2)cc1)c1sc2ncnc3c2c1NC(=O)N3c1ccc(OCc2cccs2)c(Cl)c1. The number of urea groups is 1. The summed E-state index contributed by atoms with van der Waals surface area (Å²) in [6.07, 6.45) is 1.39. The van der Waals surface area contributed by atoms with Gasteiger partial charge in [-0.15, -0.1) is 22.7 Å². The van der Waals surface area contributed by atoms with E-state index in [4.69, 9.17) is 21.1 Å². The molecule has 10 nitrogen and oxygen atoms in total. The Balaban J connectivity index is 1.11. The number of halogens is 1. The molecule has 7 rings (SSSR count). The maximum absolute atomic E-state index is 13.4. The maximum atomic E-state index is 13.4. The molecule has 43 heavy (non-hydrogen) atoms. The Labute approximate surface area is 259 Å². The molecule has 0 spiro atoms. The molecule has 3 amide bonds. The summed E-state index contributed by atoms with van der Waals surface area (Å²) in [4.78, 5) is 41.4. The van der Waals surface area contributed by atoms with E-state index in [1.54, 1.807) is 29.5 Å². The second-order valence-corrected chi connectivity index (χ2v) is 12.4. The van der Waals surface area contributed by atoms with Gasteiger partial charge in [-0.25, -0.2) is 19.7 Å². The van der Waals surface area contributed by atoms with Crippen molar-refractivity contribution in [3.8, 4) is 5.75 Å². The summed E-state index contributed by atoms with van der Waals surface area (Å²) in [5.74, 6) is 0.539. The summed E-state index contributed by atoms with van der Waals surface area (Å²) in [7, 11) is 0. The fourth-order valence-corrected chi connectivity index (χ4v) is 6.89. The lowest BCUT2D eigenvalue weighted by Crippen LogP contribution is -2.35. The van der Waals surface area contributed by atoms with Gasteiger partial charge in [-0.3, -0.25) is 9.69 Å². The number of nitrogens with zero attached hydrogens (tertiary/aromatic N) is 4. The van der Waals surface area contributed by atoms with Gasteiger partial charge in [0.25, 0.3) is 5.91 Å². The molecular formula is C30H25ClN6O4S2. The van der Waals surface area contributed by atoms with Crippen LogP contribution in [0, 0.1) is 0 Å². The zero-order valence-corrected chi connectivity index (χ0v) is 25.1. The number of rotatable bonds is 8. The predicted octanol–water partition coefficient (Wildman–Crippen LogP) is 6.75. The van der Waals surface area contributed by atoms with Crippen molar-refractivity contribution >= 4 is 79.3 Å². The summed E-state index contributed by atoms with van der Waals surface area (Å²) in [6.45, 7) is 4.54. The van der Waals surface area contributed by atoms with E-state index in [9.17, 15) is 9.59 Å². The number of amides is 3. The standard InChI is InChI=1S/C30H25ClN6O4S2/c31-22-14-20(7-8-23(22)41-16-21-2-1-13-42-21)37-27-24-25(35-30(37)39)26(43-29(24)33-17-32-27)28(38)34-19-5-3-18(4-6-19)15-36-9-11-40-12-10-36/h1-8,13-14,17H,9-12,15-16H2,(H,34,38)(H,35,39). The summed E-state index contributed by atoms with van der Waals surface area (Å²) < 4.78 is 11.3. The van der Waals surface area contributed by atoms with Gasteiger partial charge in [-0.1, -0.05) is 29.8 Å². The Morgan fingerprint density at radius 3 is 2.72 bits per heavy atom. The second-order valence-electron chi connectivity index (χ2n) is 9.97. The van der Waals surface area contributed by atoms with Gasteiger partial charge in [0.1, 0.15) is 28.4 Å². The van der Waals surface area contributed by atoms with Crippen LogP contribution in [0.25, 0.3) is 10.2 Å². The van der Waals surface area contributed by atoms with Gasteiger partial charge in [0.15, 0.2) is 5.82 Å². The third-order valence-electron chi connectivity index (χ3n) is 7.17. The molecule has 2 N–H and O–H groups in total. The highest BCUT2D eigenvalue weighted by molar-refractivity contribution is 7.21. The Morgan fingerprint density at radius 2 is 1.95 bits per heavy atom. The van der Waals surface area contributed by atoms with E-state index in [0.717, 1.165) is 43.3 Å². The smallest absolute Gasteiger partial charge is 0.332 e. The van der Waals surface area contributed by atoms with Crippen LogP contribution in [-0.4, -0.2) is 53.1 Å². The van der Waals surface area contributed by atoms with Crippen molar-refractivity contribution in [1.82, 2.24) is 14.9 Å². The molecule has 0 atom stereocenters. The van der Waals surface area contributed by atoms with Gasteiger partial charge in [0, 0.05) is 30.2 Å². The number of aromatic nitrogens is 2. The van der Waals surface area contributed by atoms with Crippen LogP contribution in [0.4, 0.5) is 27.7 Å². The number of morpholine rings is 1. The molecule has 218 valence electrons. The number of ether oxygens (including phenoxy) is 2. The highest BCUT2D eigenvalue weighted by Gasteiger charge is 2.34. The molecule has 0 aliphatic carbocycles. The average Bonchev–Trinajstić information content (AvgIpc) is 3.67. The number of carbonyl (C=O) groups excluding carboxylic acids is 2. The highest BCUT2D eigenvalue weighted by Crippen LogP contribution is 2.45. The normalized spacial score (nSPS) is 15.0. The molecule has 0 bridgehead atoms. The van der Waals surface area contributed by atoms with Crippen LogP contribution in [-0.2, 0) is 17.9 Å².